The summed E-state index contributed by atoms with van der Waals surface area (Å²) < 4.78 is 19.4. The fraction of sp³-hybridized carbons (Fsp3) is 0.783. The van der Waals surface area contributed by atoms with Crippen molar-refractivity contribution in [1.82, 2.24) is 20.9 Å². The van der Waals surface area contributed by atoms with E-state index in [0.29, 0.717) is 12.8 Å². The summed E-state index contributed by atoms with van der Waals surface area (Å²) in [5, 5.41) is 7.77. The molecule has 0 radical (unpaired) electrons. The highest BCUT2D eigenvalue weighted by Crippen LogP contribution is 2.50. The van der Waals surface area contributed by atoms with Crippen molar-refractivity contribution >= 4 is 36.9 Å². The zero-order chi connectivity index (χ0) is 26.9. The van der Waals surface area contributed by atoms with Crippen LogP contribution >= 0.6 is 7.37 Å². The van der Waals surface area contributed by atoms with E-state index in [1.807, 2.05) is 27.7 Å². The van der Waals surface area contributed by atoms with Gasteiger partial charge in [0.25, 0.3) is 5.91 Å². The van der Waals surface area contributed by atoms with Gasteiger partial charge in [-0.15, -0.1) is 0 Å². The van der Waals surface area contributed by atoms with Gasteiger partial charge in [-0.2, -0.15) is 0 Å². The Labute approximate surface area is 207 Å². The van der Waals surface area contributed by atoms with E-state index in [-0.39, 0.29) is 36.9 Å². The van der Waals surface area contributed by atoms with Crippen LogP contribution in [-0.2, 0) is 33.1 Å². The van der Waals surface area contributed by atoms with E-state index in [1.54, 1.807) is 6.92 Å². The number of hydrogen-bond acceptors (Lipinski definition) is 7. The number of carbonyl (C=O) groups excluding carboxylic acids is 5. The van der Waals surface area contributed by atoms with Gasteiger partial charge in [0.15, 0.2) is 0 Å². The first kappa shape index (κ1) is 30.8. The van der Waals surface area contributed by atoms with Crippen LogP contribution in [0.25, 0.3) is 0 Å². The molecule has 0 aromatic rings. The third-order valence-corrected chi connectivity index (χ3v) is 7.99. The van der Waals surface area contributed by atoms with Gasteiger partial charge in [-0.05, 0) is 31.6 Å². The molecule has 0 bridgehead atoms. The number of carbonyl (C=O) groups is 5. The standard InChI is InChI=1S/C23H41N4O7P/c1-8-34-35(33,13-27-20(29)11-19(23(27)32)25-16(6)28)12-17(9-14(2)3)21(30)26-18(10-15(4)5)22(31)24-7/h14-15,17-19H,8-13H2,1-7H3,(H,24,31)(H,25,28)(H,26,30)/t17?,18-,19+,35?/m0/s1. The molecule has 1 aliphatic heterocycles. The van der Waals surface area contributed by atoms with Gasteiger partial charge in [0.05, 0.1) is 13.0 Å². The normalized spacial score (nSPS) is 19.5. The molecule has 0 aromatic carbocycles. The number of likely N-dealkylation sites (N-methyl/N-ethyl adjacent to an activating group) is 1. The molecule has 0 aromatic heterocycles. The van der Waals surface area contributed by atoms with E-state index in [1.165, 1.54) is 14.0 Å². The number of likely N-dealkylation sites (tertiary alicyclic amines) is 1. The summed E-state index contributed by atoms with van der Waals surface area (Å²) in [5.41, 5.74) is 0. The van der Waals surface area contributed by atoms with Crippen molar-refractivity contribution in [2.24, 2.45) is 17.8 Å². The Morgan fingerprint density at radius 1 is 1.09 bits per heavy atom. The van der Waals surface area contributed by atoms with Gasteiger partial charge < -0.3 is 20.5 Å². The number of nitrogens with zero attached hydrogens (tertiary/aromatic N) is 1. The van der Waals surface area contributed by atoms with Gasteiger partial charge in [-0.25, -0.2) is 0 Å². The second-order valence-electron chi connectivity index (χ2n) is 9.80. The van der Waals surface area contributed by atoms with Gasteiger partial charge in [-0.3, -0.25) is 33.4 Å². The minimum atomic E-state index is -3.66. The number of nitrogens with one attached hydrogen (secondary N) is 3. The number of amides is 5. The maximum Gasteiger partial charge on any atom is 0.252 e. The Balaban J connectivity index is 3.13. The molecule has 3 N–H and O–H groups in total. The van der Waals surface area contributed by atoms with Crippen molar-refractivity contribution in [3.8, 4) is 0 Å². The summed E-state index contributed by atoms with van der Waals surface area (Å²) in [5.74, 6) is -2.94. The van der Waals surface area contributed by atoms with E-state index < -0.39 is 55.3 Å². The fourth-order valence-corrected chi connectivity index (χ4v) is 6.62. The highest BCUT2D eigenvalue weighted by Gasteiger charge is 2.44. The summed E-state index contributed by atoms with van der Waals surface area (Å²) in [6.07, 6.45) is -0.0641. The molecule has 1 saturated heterocycles. The van der Waals surface area contributed by atoms with E-state index >= 15 is 0 Å². The Kier molecular flexibility index (Phi) is 12.1. The van der Waals surface area contributed by atoms with Gasteiger partial charge in [0, 0.05) is 26.1 Å². The van der Waals surface area contributed by atoms with Gasteiger partial charge in [0.1, 0.15) is 18.4 Å². The number of rotatable bonds is 14. The van der Waals surface area contributed by atoms with Crippen molar-refractivity contribution in [3.63, 3.8) is 0 Å². The van der Waals surface area contributed by atoms with Crippen LogP contribution in [-0.4, -0.2) is 72.6 Å². The predicted molar refractivity (Wildman–Crippen MR) is 131 cm³/mol. The highest BCUT2D eigenvalue weighted by atomic mass is 31.2. The van der Waals surface area contributed by atoms with Gasteiger partial charge >= 0.3 is 0 Å². The maximum atomic E-state index is 13.8. The molecule has 0 aliphatic carbocycles. The Bertz CT molecular complexity index is 846. The monoisotopic (exact) mass is 516 g/mol. The number of imide groups is 1. The number of hydrogen-bond donors (Lipinski definition) is 3. The SMILES string of the molecule is CCOP(=O)(CC(CC(C)C)C(=O)N[C@@H](CC(C)C)C(=O)NC)CN1C(=O)C[C@@H](NC(C)=O)C1=O. The Morgan fingerprint density at radius 2 is 1.69 bits per heavy atom. The highest BCUT2D eigenvalue weighted by molar-refractivity contribution is 7.59. The van der Waals surface area contributed by atoms with E-state index in [2.05, 4.69) is 16.0 Å². The first-order chi connectivity index (χ1) is 16.2. The van der Waals surface area contributed by atoms with Crippen LogP contribution in [0.5, 0.6) is 0 Å². The van der Waals surface area contributed by atoms with Crippen LogP contribution in [0.2, 0.25) is 0 Å². The predicted octanol–water partition coefficient (Wildman–Crippen LogP) is 1.46. The molecule has 35 heavy (non-hydrogen) atoms. The lowest BCUT2D eigenvalue weighted by Crippen LogP contribution is -2.49. The van der Waals surface area contributed by atoms with E-state index in [9.17, 15) is 28.5 Å². The lowest BCUT2D eigenvalue weighted by atomic mass is 9.96. The molecule has 1 heterocycles. The van der Waals surface area contributed by atoms with Crippen LogP contribution in [0.3, 0.4) is 0 Å². The smallest absolute Gasteiger partial charge is 0.252 e. The molecule has 4 atom stereocenters. The fourth-order valence-electron chi connectivity index (χ4n) is 4.13. The zero-order valence-corrected chi connectivity index (χ0v) is 22.8. The molecule has 2 unspecified atom stereocenters. The van der Waals surface area contributed by atoms with Gasteiger partial charge in [0.2, 0.25) is 31.0 Å². The largest absolute Gasteiger partial charge is 0.357 e. The summed E-state index contributed by atoms with van der Waals surface area (Å²) in [7, 11) is -2.17. The topological polar surface area (TPSA) is 151 Å². The van der Waals surface area contributed by atoms with Crippen molar-refractivity contribution in [2.45, 2.75) is 72.9 Å². The van der Waals surface area contributed by atoms with Crippen molar-refractivity contribution in [3.05, 3.63) is 0 Å². The molecule has 12 heteroatoms. The first-order valence-corrected chi connectivity index (χ1v) is 14.1. The minimum Gasteiger partial charge on any atom is -0.357 e. The summed E-state index contributed by atoms with van der Waals surface area (Å²) in [6.45, 7) is 10.7. The van der Waals surface area contributed by atoms with Crippen LogP contribution in [0.15, 0.2) is 0 Å². The molecule has 0 saturated carbocycles. The lowest BCUT2D eigenvalue weighted by molar-refractivity contribution is -0.138. The first-order valence-electron chi connectivity index (χ1n) is 12.1. The zero-order valence-electron chi connectivity index (χ0n) is 21.9. The quantitative estimate of drug-likeness (QED) is 0.234. The van der Waals surface area contributed by atoms with Crippen LogP contribution in [0.1, 0.15) is 60.8 Å². The molecule has 0 spiro atoms. The maximum absolute atomic E-state index is 13.8. The average Bonchev–Trinajstić information content (AvgIpc) is 2.98. The Morgan fingerprint density at radius 3 is 2.17 bits per heavy atom. The average molecular weight is 517 g/mol. The van der Waals surface area contributed by atoms with Crippen LogP contribution in [0.4, 0.5) is 0 Å². The second-order valence-corrected chi connectivity index (χ2v) is 12.3. The third-order valence-electron chi connectivity index (χ3n) is 5.55. The molecule has 1 aliphatic rings. The summed E-state index contributed by atoms with van der Waals surface area (Å²) in [6, 6.07) is -1.75. The van der Waals surface area contributed by atoms with Crippen molar-refractivity contribution < 1.29 is 33.1 Å². The molecule has 1 fully saturated rings. The lowest BCUT2D eigenvalue weighted by Gasteiger charge is -2.28. The van der Waals surface area contributed by atoms with Crippen LogP contribution < -0.4 is 16.0 Å². The summed E-state index contributed by atoms with van der Waals surface area (Å²) >= 11 is 0. The third kappa shape index (κ3) is 9.72. The molecule has 5 amide bonds. The second kappa shape index (κ2) is 13.7. The molecule has 11 nitrogen and oxygen atoms in total. The molecular weight excluding hydrogens is 475 g/mol. The minimum absolute atomic E-state index is 0.0624. The summed E-state index contributed by atoms with van der Waals surface area (Å²) in [4.78, 5) is 62.9. The Hall–Kier alpha value is -2.26. The van der Waals surface area contributed by atoms with Gasteiger partial charge in [-0.1, -0.05) is 27.7 Å². The molecular formula is C23H41N4O7P. The van der Waals surface area contributed by atoms with Crippen molar-refractivity contribution in [1.29, 1.82) is 0 Å². The van der Waals surface area contributed by atoms with Crippen LogP contribution in [0, 0.1) is 17.8 Å². The molecule has 1 rings (SSSR count). The van der Waals surface area contributed by atoms with Crippen molar-refractivity contribution in [2.75, 3.05) is 26.1 Å². The van der Waals surface area contributed by atoms with E-state index in [4.69, 9.17) is 4.52 Å². The molecule has 200 valence electrons. The van der Waals surface area contributed by atoms with E-state index in [0.717, 1.165) is 4.90 Å².